The van der Waals surface area contributed by atoms with Gasteiger partial charge in [-0.15, -0.1) is 0 Å². The first-order chi connectivity index (χ1) is 19.9. The Bertz CT molecular complexity index is 1120. The van der Waals surface area contributed by atoms with Crippen LogP contribution in [0.25, 0.3) is 0 Å². The molecule has 43 heavy (non-hydrogen) atoms. The molecule has 0 spiro atoms. The van der Waals surface area contributed by atoms with E-state index in [4.69, 9.17) is 9.47 Å². The summed E-state index contributed by atoms with van der Waals surface area (Å²) in [4.78, 5) is 13.3. The van der Waals surface area contributed by atoms with Gasteiger partial charge in [-0.25, -0.2) is 0 Å². The van der Waals surface area contributed by atoms with Crippen molar-refractivity contribution in [1.29, 1.82) is 0 Å². The molecule has 12 atom stereocenters. The van der Waals surface area contributed by atoms with E-state index in [1.165, 1.54) is 6.42 Å². The van der Waals surface area contributed by atoms with Crippen molar-refractivity contribution in [2.24, 2.45) is 68.5 Å². The van der Waals surface area contributed by atoms with Crippen LogP contribution in [0.2, 0.25) is 0 Å². The van der Waals surface area contributed by atoms with Crippen molar-refractivity contribution in [2.45, 2.75) is 126 Å². The Morgan fingerprint density at radius 1 is 1.09 bits per heavy atom. The number of nitrogens with one attached hydrogen (secondary N) is 1. The van der Waals surface area contributed by atoms with E-state index in [1.807, 2.05) is 0 Å². The maximum atomic E-state index is 13.3. The van der Waals surface area contributed by atoms with Crippen LogP contribution in [0.15, 0.2) is 11.6 Å². The SMILES string of the molecule is CN[C@](C)(CO[C@H]1[C@H](C)C[C@@]23COC[C@]1(C)[C@@H]2CC[C@H]1C3=CC[C@@]2(C)[C@H](C(=O)O)[C@@](C)([C@H](C)C(C)C)CC[C@]12C)C(C)C. The van der Waals surface area contributed by atoms with Crippen molar-refractivity contribution in [2.75, 3.05) is 26.9 Å². The molecule has 0 aromatic heterocycles. The number of hydrogen-bond donors (Lipinski definition) is 2. The third kappa shape index (κ3) is 4.50. The van der Waals surface area contributed by atoms with Crippen molar-refractivity contribution >= 4 is 5.97 Å². The second-order valence-corrected chi connectivity index (χ2v) is 18.1. The van der Waals surface area contributed by atoms with E-state index in [0.717, 1.165) is 45.3 Å². The lowest BCUT2D eigenvalue weighted by atomic mass is 9.34. The second-order valence-electron chi connectivity index (χ2n) is 18.1. The molecule has 0 unspecified atom stereocenters. The summed E-state index contributed by atoms with van der Waals surface area (Å²) in [6.07, 6.45) is 9.16. The number of hydrogen-bond acceptors (Lipinski definition) is 4. The predicted molar refractivity (Wildman–Crippen MR) is 175 cm³/mol. The van der Waals surface area contributed by atoms with E-state index in [0.29, 0.717) is 42.1 Å². The third-order valence-corrected chi connectivity index (χ3v) is 15.8. The van der Waals surface area contributed by atoms with Gasteiger partial charge < -0.3 is 19.9 Å². The summed E-state index contributed by atoms with van der Waals surface area (Å²) in [5.74, 6) is 1.77. The highest BCUT2D eigenvalue weighted by molar-refractivity contribution is 5.73. The van der Waals surface area contributed by atoms with Crippen LogP contribution < -0.4 is 5.32 Å². The molecule has 5 heteroatoms. The normalized spacial score (nSPS) is 48.0. The minimum atomic E-state index is -0.582. The Balaban J connectivity index is 1.52. The van der Waals surface area contributed by atoms with Crippen LogP contribution in [-0.2, 0) is 14.3 Å². The van der Waals surface area contributed by atoms with Crippen molar-refractivity contribution in [3.63, 3.8) is 0 Å². The molecule has 5 nitrogen and oxygen atoms in total. The molecule has 0 aromatic rings. The van der Waals surface area contributed by atoms with Crippen LogP contribution in [-0.4, -0.2) is 49.6 Å². The molecule has 1 saturated heterocycles. The fraction of sp³-hybridized carbons (Fsp3) is 0.921. The lowest BCUT2D eigenvalue weighted by molar-refractivity contribution is -0.253. The zero-order valence-electron chi connectivity index (χ0n) is 29.7. The largest absolute Gasteiger partial charge is 0.481 e. The molecule has 1 heterocycles. The van der Waals surface area contributed by atoms with Gasteiger partial charge in [0.2, 0.25) is 0 Å². The van der Waals surface area contributed by atoms with Gasteiger partial charge in [-0.1, -0.05) is 80.9 Å². The van der Waals surface area contributed by atoms with Gasteiger partial charge >= 0.3 is 5.97 Å². The smallest absolute Gasteiger partial charge is 0.307 e. The van der Waals surface area contributed by atoms with Crippen LogP contribution in [0, 0.1) is 68.5 Å². The number of carboxylic acid groups (broad SMARTS) is 1. The molecule has 5 rings (SSSR count). The molecule has 4 fully saturated rings. The number of rotatable bonds is 8. The number of fused-ring (bicyclic) bond motifs is 3. The molecular formula is C38H65NO4. The standard InChI is InChI=1S/C38H65NO4/c1-23(2)26(6)33(7)17-18-35(9)27-13-14-29-34(8)20-42-22-38(29,28(27)15-16-36(35,10)30(33)32(40)41)19-25(5)31(34)43-21-37(11,39-12)24(3)4/h15,23-27,29-31,39H,13-14,16-22H2,1-12H3,(H,40,41)/t25-,26-,27+,29+,30-,31+,33-,34-,35-,36+,37-,38+/m1/s1. The molecular weight excluding hydrogens is 534 g/mol. The quantitative estimate of drug-likeness (QED) is 0.275. The molecule has 5 aliphatic rings. The minimum Gasteiger partial charge on any atom is -0.481 e. The number of carbonyl (C=O) groups is 1. The molecule has 2 N–H and O–H groups in total. The van der Waals surface area contributed by atoms with Crippen molar-refractivity contribution in [3.8, 4) is 0 Å². The van der Waals surface area contributed by atoms with E-state index < -0.39 is 5.97 Å². The predicted octanol–water partition coefficient (Wildman–Crippen LogP) is 8.23. The molecule has 0 aromatic carbocycles. The van der Waals surface area contributed by atoms with Gasteiger partial charge in [0.05, 0.1) is 31.8 Å². The third-order valence-electron chi connectivity index (χ3n) is 15.8. The van der Waals surface area contributed by atoms with Gasteiger partial charge in [-0.3, -0.25) is 4.79 Å². The summed E-state index contributed by atoms with van der Waals surface area (Å²) in [6.45, 7) is 28.0. The molecule has 2 bridgehead atoms. The maximum absolute atomic E-state index is 13.3. The van der Waals surface area contributed by atoms with Gasteiger partial charge in [-0.05, 0) is 104 Å². The summed E-state index contributed by atoms with van der Waals surface area (Å²) < 4.78 is 13.6. The molecule has 0 amide bonds. The van der Waals surface area contributed by atoms with E-state index in [-0.39, 0.29) is 44.6 Å². The lowest BCUT2D eigenvalue weighted by Crippen LogP contribution is -2.69. The number of likely N-dealkylation sites (N-methyl/N-ethyl adjacent to an activating group) is 1. The lowest BCUT2D eigenvalue weighted by Gasteiger charge is -2.71. The van der Waals surface area contributed by atoms with Gasteiger partial charge in [0.15, 0.2) is 0 Å². The average Bonchev–Trinajstić information content (AvgIpc) is 2.92. The van der Waals surface area contributed by atoms with Gasteiger partial charge in [0.25, 0.3) is 0 Å². The van der Waals surface area contributed by atoms with Crippen molar-refractivity contribution < 1.29 is 19.4 Å². The Morgan fingerprint density at radius 2 is 1.77 bits per heavy atom. The van der Waals surface area contributed by atoms with Gasteiger partial charge in [0, 0.05) is 16.4 Å². The first kappa shape index (κ1) is 33.5. The highest BCUT2D eigenvalue weighted by Crippen LogP contribution is 2.75. The fourth-order valence-electron chi connectivity index (χ4n) is 12.2. The van der Waals surface area contributed by atoms with E-state index in [1.54, 1.807) is 5.57 Å². The van der Waals surface area contributed by atoms with Crippen LogP contribution >= 0.6 is 0 Å². The van der Waals surface area contributed by atoms with Crippen molar-refractivity contribution in [3.05, 3.63) is 11.6 Å². The zero-order valence-corrected chi connectivity index (χ0v) is 29.7. The summed E-state index contributed by atoms with van der Waals surface area (Å²) in [7, 11) is 2.06. The van der Waals surface area contributed by atoms with E-state index in [2.05, 4.69) is 94.6 Å². The Labute approximate surface area is 263 Å². The maximum Gasteiger partial charge on any atom is 0.307 e. The second kappa shape index (κ2) is 10.8. The minimum absolute atomic E-state index is 0.0313. The first-order valence-electron chi connectivity index (χ1n) is 17.7. The molecule has 246 valence electrons. The number of ether oxygens (including phenoxy) is 2. The number of allylic oxidation sites excluding steroid dienone is 1. The topological polar surface area (TPSA) is 67.8 Å². The number of aliphatic carboxylic acids is 1. The summed E-state index contributed by atoms with van der Waals surface area (Å²) >= 11 is 0. The number of carboxylic acids is 1. The highest BCUT2D eigenvalue weighted by Gasteiger charge is 2.71. The molecule has 3 saturated carbocycles. The molecule has 1 aliphatic heterocycles. The zero-order chi connectivity index (χ0) is 32.0. The van der Waals surface area contributed by atoms with Gasteiger partial charge in [-0.2, -0.15) is 0 Å². The highest BCUT2D eigenvalue weighted by atomic mass is 16.5. The average molecular weight is 600 g/mol. The van der Waals surface area contributed by atoms with E-state index >= 15 is 0 Å². The Morgan fingerprint density at radius 3 is 2.35 bits per heavy atom. The summed E-state index contributed by atoms with van der Waals surface area (Å²) in [5, 5.41) is 14.5. The summed E-state index contributed by atoms with van der Waals surface area (Å²) in [5.41, 5.74) is 1.06. The Kier molecular flexibility index (Phi) is 8.43. The fourth-order valence-corrected chi connectivity index (χ4v) is 12.2. The first-order valence-corrected chi connectivity index (χ1v) is 17.7. The Hall–Kier alpha value is -0.910. The molecule has 4 aliphatic carbocycles. The summed E-state index contributed by atoms with van der Waals surface area (Å²) in [6, 6.07) is 0. The monoisotopic (exact) mass is 599 g/mol. The van der Waals surface area contributed by atoms with Crippen LogP contribution in [0.1, 0.15) is 115 Å². The van der Waals surface area contributed by atoms with Crippen LogP contribution in [0.3, 0.4) is 0 Å². The van der Waals surface area contributed by atoms with E-state index in [9.17, 15) is 9.90 Å². The van der Waals surface area contributed by atoms with Crippen molar-refractivity contribution in [1.82, 2.24) is 5.32 Å². The van der Waals surface area contributed by atoms with Crippen LogP contribution in [0.5, 0.6) is 0 Å². The molecule has 0 radical (unpaired) electrons. The van der Waals surface area contributed by atoms with Gasteiger partial charge in [0.1, 0.15) is 0 Å². The van der Waals surface area contributed by atoms with Crippen LogP contribution in [0.4, 0.5) is 0 Å².